The second kappa shape index (κ2) is 4.68. The summed E-state index contributed by atoms with van der Waals surface area (Å²) in [6.07, 6.45) is 0.450. The molecule has 0 aromatic carbocycles. The smallest absolute Gasteiger partial charge is 0.317 e. The fourth-order valence-corrected chi connectivity index (χ4v) is 0.924. The van der Waals surface area contributed by atoms with Gasteiger partial charge in [0, 0.05) is 13.1 Å². The van der Waals surface area contributed by atoms with Crippen molar-refractivity contribution in [3.63, 3.8) is 0 Å². The summed E-state index contributed by atoms with van der Waals surface area (Å²) in [5.41, 5.74) is 0. The fourth-order valence-electron chi connectivity index (χ4n) is 0.924. The Bertz CT molecular complexity index is 167. The van der Waals surface area contributed by atoms with Gasteiger partial charge in [0.1, 0.15) is 12.6 Å². The molecule has 1 saturated heterocycles. The van der Waals surface area contributed by atoms with E-state index in [9.17, 15) is 9.59 Å². The van der Waals surface area contributed by atoms with Crippen molar-refractivity contribution in [3.8, 4) is 0 Å². The molecule has 1 rings (SSSR count). The summed E-state index contributed by atoms with van der Waals surface area (Å²) >= 11 is 0. The summed E-state index contributed by atoms with van der Waals surface area (Å²) in [6, 6.07) is -0.353. The first-order chi connectivity index (χ1) is 5.83. The van der Waals surface area contributed by atoms with E-state index in [2.05, 4.69) is 21.3 Å². The second-order valence-corrected chi connectivity index (χ2v) is 2.36. The maximum Gasteiger partial charge on any atom is 0.317 e. The third-order valence-corrected chi connectivity index (χ3v) is 1.44. The Kier molecular flexibility index (Phi) is 3.49. The predicted octanol–water partition coefficient (Wildman–Crippen LogP) is -2.04. The number of urea groups is 1. The normalized spacial score (nSPS) is 17.3. The van der Waals surface area contributed by atoms with E-state index in [0.717, 1.165) is 13.1 Å². The quantitative estimate of drug-likeness (QED) is 0.370. The van der Waals surface area contributed by atoms with Crippen molar-refractivity contribution in [2.45, 2.75) is 6.29 Å². The minimum atomic E-state index is -0.353. The van der Waals surface area contributed by atoms with Gasteiger partial charge in [-0.05, 0) is 0 Å². The molecule has 0 unspecified atom stereocenters. The Morgan fingerprint density at radius 3 is 2.75 bits per heavy atom. The first-order valence-electron chi connectivity index (χ1n) is 3.77. The van der Waals surface area contributed by atoms with Crippen molar-refractivity contribution in [2.24, 2.45) is 0 Å². The highest BCUT2D eigenvalue weighted by atomic mass is 16.2. The Balaban J connectivity index is 2.11. The molecule has 0 aliphatic carbocycles. The summed E-state index contributed by atoms with van der Waals surface area (Å²) in [5, 5.41) is 10.9. The minimum absolute atomic E-state index is 0.0402. The third-order valence-electron chi connectivity index (χ3n) is 1.44. The lowest BCUT2D eigenvalue weighted by Crippen LogP contribution is -2.51. The van der Waals surface area contributed by atoms with Gasteiger partial charge in [-0.25, -0.2) is 4.79 Å². The first kappa shape index (κ1) is 8.95. The third kappa shape index (κ3) is 2.85. The van der Waals surface area contributed by atoms with Crippen LogP contribution in [0.3, 0.4) is 0 Å². The molecule has 6 heteroatoms. The number of rotatable bonds is 3. The molecule has 6 nitrogen and oxygen atoms in total. The lowest BCUT2D eigenvalue weighted by molar-refractivity contribution is -0.107. The maximum absolute atomic E-state index is 10.9. The number of amides is 2. The zero-order valence-corrected chi connectivity index (χ0v) is 6.59. The van der Waals surface area contributed by atoms with Crippen LogP contribution in [-0.4, -0.2) is 38.2 Å². The molecule has 0 spiro atoms. The number of hydrogen-bond acceptors (Lipinski definition) is 4. The van der Waals surface area contributed by atoms with Gasteiger partial charge in [-0.15, -0.1) is 0 Å². The average molecular weight is 172 g/mol. The van der Waals surface area contributed by atoms with E-state index in [1.165, 1.54) is 0 Å². The molecule has 1 heterocycles. The summed E-state index contributed by atoms with van der Waals surface area (Å²) in [6.45, 7) is 1.70. The fraction of sp³-hybridized carbons (Fsp3) is 0.667. The molecule has 2 amide bonds. The number of carbonyl (C=O) groups excluding carboxylic acids is 2. The van der Waals surface area contributed by atoms with Gasteiger partial charge < -0.3 is 15.4 Å². The largest absolute Gasteiger partial charge is 0.331 e. The van der Waals surface area contributed by atoms with Gasteiger partial charge >= 0.3 is 6.03 Å². The molecule has 1 aliphatic rings. The topological polar surface area (TPSA) is 82.3 Å². The SMILES string of the molecule is O=CCNC(=O)NC1NCCN1. The Labute approximate surface area is 70.1 Å². The van der Waals surface area contributed by atoms with Crippen LogP contribution < -0.4 is 21.3 Å². The van der Waals surface area contributed by atoms with Gasteiger partial charge in [0.2, 0.25) is 0 Å². The number of hydrogen-bond donors (Lipinski definition) is 4. The molecule has 12 heavy (non-hydrogen) atoms. The summed E-state index contributed by atoms with van der Waals surface area (Å²) < 4.78 is 0. The summed E-state index contributed by atoms with van der Waals surface area (Å²) in [5.74, 6) is 0. The van der Waals surface area contributed by atoms with Crippen LogP contribution in [0.2, 0.25) is 0 Å². The molecule has 4 N–H and O–H groups in total. The molecule has 1 aliphatic heterocycles. The second-order valence-electron chi connectivity index (χ2n) is 2.36. The molecule has 0 aromatic rings. The number of carbonyl (C=O) groups is 2. The van der Waals surface area contributed by atoms with E-state index < -0.39 is 0 Å². The number of nitrogens with one attached hydrogen (secondary N) is 4. The maximum atomic E-state index is 10.9. The first-order valence-corrected chi connectivity index (χ1v) is 3.77. The van der Waals surface area contributed by atoms with Crippen LogP contribution in [0.25, 0.3) is 0 Å². The van der Waals surface area contributed by atoms with Crippen LogP contribution in [0.15, 0.2) is 0 Å². The van der Waals surface area contributed by atoms with Crippen LogP contribution in [0, 0.1) is 0 Å². The molecule has 0 saturated carbocycles. The molecular weight excluding hydrogens is 160 g/mol. The molecule has 0 bridgehead atoms. The molecule has 0 atom stereocenters. The van der Waals surface area contributed by atoms with Crippen LogP contribution in [-0.2, 0) is 4.79 Å². The highest BCUT2D eigenvalue weighted by Crippen LogP contribution is 1.79. The molecule has 0 aromatic heterocycles. The van der Waals surface area contributed by atoms with Crippen LogP contribution in [0.4, 0.5) is 4.79 Å². The zero-order valence-electron chi connectivity index (χ0n) is 6.59. The minimum Gasteiger partial charge on any atom is -0.331 e. The number of aldehydes is 1. The van der Waals surface area contributed by atoms with Crippen LogP contribution in [0.1, 0.15) is 0 Å². The van der Waals surface area contributed by atoms with Crippen molar-refractivity contribution >= 4 is 12.3 Å². The van der Waals surface area contributed by atoms with Crippen molar-refractivity contribution in [1.82, 2.24) is 21.3 Å². The van der Waals surface area contributed by atoms with Crippen molar-refractivity contribution in [1.29, 1.82) is 0 Å². The predicted molar refractivity (Wildman–Crippen MR) is 42.4 cm³/mol. The van der Waals surface area contributed by atoms with Gasteiger partial charge in [-0.3, -0.25) is 10.6 Å². The van der Waals surface area contributed by atoms with Crippen molar-refractivity contribution in [3.05, 3.63) is 0 Å². The Morgan fingerprint density at radius 2 is 2.17 bits per heavy atom. The highest BCUT2D eigenvalue weighted by molar-refractivity contribution is 5.76. The van der Waals surface area contributed by atoms with E-state index in [0.29, 0.717) is 6.29 Å². The zero-order chi connectivity index (χ0) is 8.81. The van der Waals surface area contributed by atoms with Gasteiger partial charge in [0.05, 0.1) is 6.54 Å². The molecular formula is C6H12N4O2. The van der Waals surface area contributed by atoms with Gasteiger partial charge in [0.15, 0.2) is 0 Å². The van der Waals surface area contributed by atoms with E-state index >= 15 is 0 Å². The van der Waals surface area contributed by atoms with E-state index in [-0.39, 0.29) is 18.9 Å². The van der Waals surface area contributed by atoms with Gasteiger partial charge in [-0.1, -0.05) is 0 Å². The van der Waals surface area contributed by atoms with Gasteiger partial charge in [-0.2, -0.15) is 0 Å². The monoisotopic (exact) mass is 172 g/mol. The van der Waals surface area contributed by atoms with Crippen molar-refractivity contribution < 1.29 is 9.59 Å². The average Bonchev–Trinajstić information content (AvgIpc) is 2.53. The lowest BCUT2D eigenvalue weighted by Gasteiger charge is -2.12. The molecule has 1 fully saturated rings. The van der Waals surface area contributed by atoms with E-state index in [1.54, 1.807) is 0 Å². The Morgan fingerprint density at radius 1 is 1.50 bits per heavy atom. The Hall–Kier alpha value is -1.14. The summed E-state index contributed by atoms with van der Waals surface area (Å²) in [7, 11) is 0. The van der Waals surface area contributed by atoms with Crippen LogP contribution >= 0.6 is 0 Å². The molecule has 68 valence electrons. The van der Waals surface area contributed by atoms with Crippen molar-refractivity contribution in [2.75, 3.05) is 19.6 Å². The molecule has 0 radical (unpaired) electrons. The van der Waals surface area contributed by atoms with E-state index in [1.807, 2.05) is 0 Å². The lowest BCUT2D eigenvalue weighted by atomic mass is 10.7. The highest BCUT2D eigenvalue weighted by Gasteiger charge is 2.13. The summed E-state index contributed by atoms with van der Waals surface area (Å²) in [4.78, 5) is 20.8. The van der Waals surface area contributed by atoms with Crippen LogP contribution in [0.5, 0.6) is 0 Å². The standard InChI is InChI=1S/C6H12N4O2/c11-4-3-9-6(12)10-5-7-1-2-8-5/h4-5,7-8H,1-3H2,(H2,9,10,12). The van der Waals surface area contributed by atoms with Gasteiger partial charge in [0.25, 0.3) is 0 Å². The van der Waals surface area contributed by atoms with E-state index in [4.69, 9.17) is 0 Å².